The summed E-state index contributed by atoms with van der Waals surface area (Å²) in [5.74, 6) is -0.765. The highest BCUT2D eigenvalue weighted by Crippen LogP contribution is 2.22. The van der Waals surface area contributed by atoms with E-state index in [0.717, 1.165) is 0 Å². The molecule has 5 nitrogen and oxygen atoms in total. The predicted molar refractivity (Wildman–Crippen MR) is 56.5 cm³/mol. The standard InChI is InChI=1S/C11H9NO4/c1-6-5-8(13)12-10(9(6)11(14)15)7-3-2-4-16-7/h2-5H,1H3,(H,12,13)(H,14,15). The molecule has 0 aliphatic rings. The Bertz CT molecular complexity index is 581. The molecule has 2 N–H and O–H groups in total. The lowest BCUT2D eigenvalue weighted by Crippen LogP contribution is -2.13. The van der Waals surface area contributed by atoms with Crippen LogP contribution < -0.4 is 5.56 Å². The quantitative estimate of drug-likeness (QED) is 0.804. The van der Waals surface area contributed by atoms with E-state index < -0.39 is 5.97 Å². The van der Waals surface area contributed by atoms with Gasteiger partial charge < -0.3 is 14.5 Å². The van der Waals surface area contributed by atoms with E-state index in [0.29, 0.717) is 11.3 Å². The average Bonchev–Trinajstić information content (AvgIpc) is 2.67. The molecule has 0 spiro atoms. The Morgan fingerprint density at radius 3 is 2.81 bits per heavy atom. The van der Waals surface area contributed by atoms with Gasteiger partial charge in [0.25, 0.3) is 0 Å². The smallest absolute Gasteiger partial charge is 0.338 e. The predicted octanol–water partition coefficient (Wildman–Crippen LogP) is 1.64. The molecule has 5 heteroatoms. The number of aryl methyl sites for hydroxylation is 1. The van der Waals surface area contributed by atoms with Crippen molar-refractivity contribution in [2.24, 2.45) is 0 Å². The summed E-state index contributed by atoms with van der Waals surface area (Å²) in [6.07, 6.45) is 1.42. The number of rotatable bonds is 2. The minimum absolute atomic E-state index is 0.0505. The molecular weight excluding hydrogens is 210 g/mol. The maximum atomic E-state index is 11.3. The molecule has 0 radical (unpaired) electrons. The van der Waals surface area contributed by atoms with Crippen LogP contribution in [0, 0.1) is 6.92 Å². The van der Waals surface area contributed by atoms with Gasteiger partial charge in [0.15, 0.2) is 5.76 Å². The molecule has 0 saturated heterocycles. The van der Waals surface area contributed by atoms with Crippen molar-refractivity contribution in [1.29, 1.82) is 0 Å². The maximum Gasteiger partial charge on any atom is 0.338 e. The summed E-state index contributed by atoms with van der Waals surface area (Å²) >= 11 is 0. The molecule has 2 heterocycles. The first-order valence-electron chi connectivity index (χ1n) is 4.60. The molecule has 2 aromatic heterocycles. The van der Waals surface area contributed by atoms with Gasteiger partial charge in [-0.15, -0.1) is 0 Å². The van der Waals surface area contributed by atoms with Gasteiger partial charge in [0.05, 0.1) is 17.5 Å². The van der Waals surface area contributed by atoms with Crippen LogP contribution in [-0.4, -0.2) is 16.1 Å². The molecule has 0 amide bonds. The number of carboxylic acid groups (broad SMARTS) is 1. The van der Waals surface area contributed by atoms with Crippen LogP contribution in [0.2, 0.25) is 0 Å². The van der Waals surface area contributed by atoms with Gasteiger partial charge in [-0.25, -0.2) is 4.79 Å². The maximum absolute atomic E-state index is 11.3. The number of hydrogen-bond acceptors (Lipinski definition) is 3. The average molecular weight is 219 g/mol. The zero-order chi connectivity index (χ0) is 11.7. The summed E-state index contributed by atoms with van der Waals surface area (Å²) in [4.78, 5) is 24.8. The van der Waals surface area contributed by atoms with E-state index in [1.807, 2.05) is 0 Å². The van der Waals surface area contributed by atoms with Crippen molar-refractivity contribution in [2.45, 2.75) is 6.92 Å². The van der Waals surface area contributed by atoms with Crippen LogP contribution in [0.5, 0.6) is 0 Å². The minimum Gasteiger partial charge on any atom is -0.478 e. The largest absolute Gasteiger partial charge is 0.478 e. The highest BCUT2D eigenvalue weighted by molar-refractivity contribution is 5.95. The second-order valence-electron chi connectivity index (χ2n) is 3.35. The third-order valence-corrected chi connectivity index (χ3v) is 2.22. The Balaban J connectivity index is 2.77. The van der Waals surface area contributed by atoms with Gasteiger partial charge in [0, 0.05) is 6.07 Å². The number of aromatic amines is 1. The van der Waals surface area contributed by atoms with E-state index in [1.165, 1.54) is 12.3 Å². The van der Waals surface area contributed by atoms with E-state index in [4.69, 9.17) is 9.52 Å². The van der Waals surface area contributed by atoms with Crippen molar-refractivity contribution in [2.75, 3.05) is 0 Å². The lowest BCUT2D eigenvalue weighted by atomic mass is 10.1. The number of aromatic nitrogens is 1. The van der Waals surface area contributed by atoms with Crippen LogP contribution in [0.1, 0.15) is 15.9 Å². The van der Waals surface area contributed by atoms with Crippen molar-refractivity contribution in [3.05, 3.63) is 45.9 Å². The zero-order valence-corrected chi connectivity index (χ0v) is 8.48. The van der Waals surface area contributed by atoms with Crippen molar-refractivity contribution in [3.63, 3.8) is 0 Å². The van der Waals surface area contributed by atoms with Gasteiger partial charge in [-0.05, 0) is 24.6 Å². The second-order valence-corrected chi connectivity index (χ2v) is 3.35. The summed E-state index contributed by atoms with van der Waals surface area (Å²) in [5, 5.41) is 9.07. The monoisotopic (exact) mass is 219 g/mol. The summed E-state index contributed by atoms with van der Waals surface area (Å²) in [6, 6.07) is 4.47. The molecule has 0 bridgehead atoms. The second kappa shape index (κ2) is 3.69. The third-order valence-electron chi connectivity index (χ3n) is 2.22. The number of nitrogens with one attached hydrogen (secondary N) is 1. The van der Waals surface area contributed by atoms with Crippen LogP contribution >= 0.6 is 0 Å². The highest BCUT2D eigenvalue weighted by Gasteiger charge is 2.17. The Hall–Kier alpha value is -2.30. The molecule has 2 rings (SSSR count). The number of pyridine rings is 1. The van der Waals surface area contributed by atoms with E-state index in [2.05, 4.69) is 4.98 Å². The molecule has 0 saturated carbocycles. The number of hydrogen-bond donors (Lipinski definition) is 2. The van der Waals surface area contributed by atoms with Crippen molar-refractivity contribution < 1.29 is 14.3 Å². The minimum atomic E-state index is -1.10. The number of H-pyrrole nitrogens is 1. The molecule has 0 aromatic carbocycles. The van der Waals surface area contributed by atoms with Crippen molar-refractivity contribution >= 4 is 5.97 Å². The topological polar surface area (TPSA) is 83.3 Å². The number of furan rings is 1. The van der Waals surface area contributed by atoms with E-state index >= 15 is 0 Å². The van der Waals surface area contributed by atoms with Gasteiger partial charge in [-0.3, -0.25) is 4.79 Å². The fourth-order valence-corrected chi connectivity index (χ4v) is 1.57. The molecule has 82 valence electrons. The van der Waals surface area contributed by atoms with Crippen molar-refractivity contribution in [3.8, 4) is 11.5 Å². The molecule has 0 aliphatic carbocycles. The molecular formula is C11H9NO4. The summed E-state index contributed by atoms with van der Waals surface area (Å²) in [7, 11) is 0. The molecule has 0 atom stereocenters. The fourth-order valence-electron chi connectivity index (χ4n) is 1.57. The lowest BCUT2D eigenvalue weighted by Gasteiger charge is -2.05. The first-order valence-corrected chi connectivity index (χ1v) is 4.60. The van der Waals surface area contributed by atoms with Gasteiger partial charge in [-0.2, -0.15) is 0 Å². The molecule has 0 unspecified atom stereocenters. The van der Waals surface area contributed by atoms with E-state index in [-0.39, 0.29) is 16.8 Å². The summed E-state index contributed by atoms with van der Waals surface area (Å²) in [5.41, 5.74) is 0.300. The first kappa shape index (κ1) is 10.2. The Morgan fingerprint density at radius 2 is 2.25 bits per heavy atom. The van der Waals surface area contributed by atoms with Crippen molar-refractivity contribution in [1.82, 2.24) is 4.98 Å². The van der Waals surface area contributed by atoms with Crippen LogP contribution in [0.15, 0.2) is 33.7 Å². The number of aromatic carboxylic acids is 1. The Labute approximate surface area is 90.3 Å². The SMILES string of the molecule is Cc1cc(=O)[nH]c(-c2ccco2)c1C(=O)O. The van der Waals surface area contributed by atoms with Gasteiger partial charge in [0.1, 0.15) is 0 Å². The van der Waals surface area contributed by atoms with Gasteiger partial charge in [-0.1, -0.05) is 0 Å². The van der Waals surface area contributed by atoms with Gasteiger partial charge >= 0.3 is 5.97 Å². The fraction of sp³-hybridized carbons (Fsp3) is 0.0909. The summed E-state index contributed by atoms with van der Waals surface area (Å²) < 4.78 is 5.09. The Kier molecular flexibility index (Phi) is 2.36. The van der Waals surface area contributed by atoms with Gasteiger partial charge in [0.2, 0.25) is 5.56 Å². The third kappa shape index (κ3) is 1.63. The highest BCUT2D eigenvalue weighted by atomic mass is 16.4. The molecule has 0 aliphatic heterocycles. The molecule has 16 heavy (non-hydrogen) atoms. The summed E-state index contributed by atoms with van der Waals surface area (Å²) in [6.45, 7) is 1.57. The Morgan fingerprint density at radius 1 is 1.50 bits per heavy atom. The van der Waals surface area contributed by atoms with E-state index in [9.17, 15) is 9.59 Å². The zero-order valence-electron chi connectivity index (χ0n) is 8.48. The van der Waals surface area contributed by atoms with Crippen LogP contribution in [0.4, 0.5) is 0 Å². The lowest BCUT2D eigenvalue weighted by molar-refractivity contribution is 0.0696. The first-order chi connectivity index (χ1) is 7.59. The van der Waals surface area contributed by atoms with E-state index in [1.54, 1.807) is 19.1 Å². The number of carboxylic acids is 1. The van der Waals surface area contributed by atoms with Crippen LogP contribution in [0.3, 0.4) is 0 Å². The van der Waals surface area contributed by atoms with Crippen LogP contribution in [0.25, 0.3) is 11.5 Å². The normalized spacial score (nSPS) is 10.3. The number of carbonyl (C=O) groups is 1. The molecule has 0 fully saturated rings. The van der Waals surface area contributed by atoms with Crippen LogP contribution in [-0.2, 0) is 0 Å². The molecule has 2 aromatic rings.